The average Bonchev–Trinajstić information content (AvgIpc) is 2.37. The lowest BCUT2D eigenvalue weighted by Crippen LogP contribution is -2.50. The first-order valence-corrected chi connectivity index (χ1v) is 6.04. The van der Waals surface area contributed by atoms with Gasteiger partial charge >= 0.3 is 0 Å². The molecule has 0 bridgehead atoms. The third-order valence-corrected chi connectivity index (χ3v) is 3.09. The highest BCUT2D eigenvalue weighted by Crippen LogP contribution is 2.23. The smallest absolute Gasteiger partial charge is 0.252 e. The van der Waals surface area contributed by atoms with Gasteiger partial charge in [0.25, 0.3) is 5.91 Å². The van der Waals surface area contributed by atoms with E-state index < -0.39 is 11.6 Å². The van der Waals surface area contributed by atoms with E-state index in [0.717, 1.165) is 0 Å². The zero-order valence-corrected chi connectivity index (χ0v) is 12.0. The number of carbonyl (C=O) groups is 1. The predicted octanol–water partition coefficient (Wildman–Crippen LogP) is 1.59. The van der Waals surface area contributed by atoms with Gasteiger partial charge in [0.1, 0.15) is 11.5 Å². The van der Waals surface area contributed by atoms with Crippen molar-refractivity contribution in [2.75, 3.05) is 14.2 Å². The molecule has 0 aliphatic rings. The second kappa shape index (κ2) is 5.93. The largest absolute Gasteiger partial charge is 0.497 e. The van der Waals surface area contributed by atoms with Crippen LogP contribution in [-0.2, 0) is 0 Å². The Kier molecular flexibility index (Phi) is 4.78. The van der Waals surface area contributed by atoms with Crippen LogP contribution in [-0.4, -0.2) is 36.9 Å². The fraction of sp³-hybridized carbons (Fsp3) is 0.500. The molecule has 2 N–H and O–H groups in total. The van der Waals surface area contributed by atoms with Gasteiger partial charge in [-0.1, -0.05) is 0 Å². The molecular weight excluding hydrogens is 246 g/mol. The molecule has 1 aromatic carbocycles. The highest BCUT2D eigenvalue weighted by Gasteiger charge is 2.26. The Labute approximate surface area is 113 Å². The Bertz CT molecular complexity index is 433. The molecule has 5 nitrogen and oxygen atoms in total. The summed E-state index contributed by atoms with van der Waals surface area (Å²) in [6.45, 7) is 5.15. The van der Waals surface area contributed by atoms with Crippen molar-refractivity contribution in [1.29, 1.82) is 0 Å². The van der Waals surface area contributed by atoms with Gasteiger partial charge in [-0.2, -0.15) is 0 Å². The second-order valence-corrected chi connectivity index (χ2v) is 4.95. The Balaban J connectivity index is 2.99. The topological polar surface area (TPSA) is 67.8 Å². The summed E-state index contributed by atoms with van der Waals surface area (Å²) in [5.74, 6) is 0.793. The van der Waals surface area contributed by atoms with E-state index in [9.17, 15) is 9.90 Å². The van der Waals surface area contributed by atoms with Crippen molar-refractivity contribution in [2.24, 2.45) is 0 Å². The van der Waals surface area contributed by atoms with Crippen molar-refractivity contribution in [3.63, 3.8) is 0 Å². The zero-order valence-electron chi connectivity index (χ0n) is 12.0. The van der Waals surface area contributed by atoms with Gasteiger partial charge < -0.3 is 19.9 Å². The van der Waals surface area contributed by atoms with Crippen LogP contribution in [0.15, 0.2) is 18.2 Å². The van der Waals surface area contributed by atoms with E-state index in [2.05, 4.69) is 5.32 Å². The Morgan fingerprint density at radius 2 is 1.68 bits per heavy atom. The maximum Gasteiger partial charge on any atom is 0.252 e. The molecule has 0 fully saturated rings. The van der Waals surface area contributed by atoms with Crippen molar-refractivity contribution < 1.29 is 19.4 Å². The molecule has 106 valence electrons. The molecule has 1 amide bonds. The van der Waals surface area contributed by atoms with E-state index in [0.29, 0.717) is 17.1 Å². The van der Waals surface area contributed by atoms with Gasteiger partial charge in [0.05, 0.1) is 25.9 Å². The fourth-order valence-corrected chi connectivity index (χ4v) is 1.41. The third kappa shape index (κ3) is 3.86. The van der Waals surface area contributed by atoms with Gasteiger partial charge in [0.2, 0.25) is 0 Å². The summed E-state index contributed by atoms with van der Waals surface area (Å²) in [6.07, 6.45) is -0.663. The van der Waals surface area contributed by atoms with Crippen LogP contribution in [0.5, 0.6) is 11.5 Å². The third-order valence-electron chi connectivity index (χ3n) is 3.09. The summed E-state index contributed by atoms with van der Waals surface area (Å²) in [5, 5.41) is 12.4. The minimum Gasteiger partial charge on any atom is -0.497 e. The monoisotopic (exact) mass is 267 g/mol. The number of carbonyl (C=O) groups excluding carboxylic acids is 1. The van der Waals surface area contributed by atoms with E-state index in [1.165, 1.54) is 14.2 Å². The van der Waals surface area contributed by atoms with E-state index >= 15 is 0 Å². The normalized spacial score (nSPS) is 12.7. The van der Waals surface area contributed by atoms with Gasteiger partial charge in [0, 0.05) is 11.6 Å². The lowest BCUT2D eigenvalue weighted by atomic mass is 9.98. The summed E-state index contributed by atoms with van der Waals surface area (Å²) >= 11 is 0. The van der Waals surface area contributed by atoms with Crippen molar-refractivity contribution in [1.82, 2.24) is 5.32 Å². The summed E-state index contributed by atoms with van der Waals surface area (Å²) in [7, 11) is 3.05. The van der Waals surface area contributed by atoms with Crippen LogP contribution in [0.4, 0.5) is 0 Å². The first-order chi connectivity index (χ1) is 8.80. The molecule has 0 radical (unpaired) electrons. The standard InChI is InChI=1S/C14H21NO4/c1-9(16)14(2,3)15-13(17)10-6-11(18-4)8-12(7-10)19-5/h6-9,16H,1-5H3,(H,15,17). The van der Waals surface area contributed by atoms with E-state index in [4.69, 9.17) is 9.47 Å². The van der Waals surface area contributed by atoms with Gasteiger partial charge in [-0.05, 0) is 32.9 Å². The molecular formula is C14H21NO4. The van der Waals surface area contributed by atoms with Crippen molar-refractivity contribution in [3.8, 4) is 11.5 Å². The van der Waals surface area contributed by atoms with Crippen LogP contribution in [0, 0.1) is 0 Å². The molecule has 0 aliphatic carbocycles. The van der Waals surface area contributed by atoms with E-state index in [-0.39, 0.29) is 5.91 Å². The molecule has 1 rings (SSSR count). The van der Waals surface area contributed by atoms with Crippen LogP contribution in [0.3, 0.4) is 0 Å². The molecule has 19 heavy (non-hydrogen) atoms. The minimum atomic E-state index is -0.715. The van der Waals surface area contributed by atoms with Gasteiger partial charge in [-0.25, -0.2) is 0 Å². The van der Waals surface area contributed by atoms with Crippen molar-refractivity contribution in [3.05, 3.63) is 23.8 Å². The first-order valence-electron chi connectivity index (χ1n) is 6.04. The SMILES string of the molecule is COc1cc(OC)cc(C(=O)NC(C)(C)C(C)O)c1. The minimum absolute atomic E-state index is 0.289. The van der Waals surface area contributed by atoms with E-state index in [1.54, 1.807) is 39.0 Å². The predicted molar refractivity (Wildman–Crippen MR) is 72.8 cm³/mol. The number of ether oxygens (including phenoxy) is 2. The molecule has 1 atom stereocenters. The molecule has 0 heterocycles. The first kappa shape index (κ1) is 15.3. The summed E-state index contributed by atoms with van der Waals surface area (Å²) in [5.41, 5.74) is -0.294. The molecule has 0 saturated carbocycles. The number of rotatable bonds is 5. The molecule has 5 heteroatoms. The number of amides is 1. The Hall–Kier alpha value is -1.75. The highest BCUT2D eigenvalue weighted by atomic mass is 16.5. The summed E-state index contributed by atoms with van der Waals surface area (Å²) < 4.78 is 10.2. The quantitative estimate of drug-likeness (QED) is 0.850. The second-order valence-electron chi connectivity index (χ2n) is 4.95. The van der Waals surface area contributed by atoms with Crippen molar-refractivity contribution >= 4 is 5.91 Å². The number of hydrogen-bond donors (Lipinski definition) is 2. The number of benzene rings is 1. The molecule has 1 aromatic rings. The number of methoxy groups -OCH3 is 2. The summed E-state index contributed by atoms with van der Waals surface area (Å²) in [4.78, 5) is 12.2. The Morgan fingerprint density at radius 1 is 1.21 bits per heavy atom. The lowest BCUT2D eigenvalue weighted by Gasteiger charge is -2.29. The molecule has 0 aromatic heterocycles. The van der Waals surface area contributed by atoms with E-state index in [1.807, 2.05) is 0 Å². The van der Waals surface area contributed by atoms with Crippen LogP contribution in [0.25, 0.3) is 0 Å². The lowest BCUT2D eigenvalue weighted by molar-refractivity contribution is 0.0709. The average molecular weight is 267 g/mol. The van der Waals surface area contributed by atoms with Crippen molar-refractivity contribution in [2.45, 2.75) is 32.4 Å². The highest BCUT2D eigenvalue weighted by molar-refractivity contribution is 5.95. The number of hydrogen-bond acceptors (Lipinski definition) is 4. The van der Waals surface area contributed by atoms with Gasteiger partial charge in [0.15, 0.2) is 0 Å². The fourth-order valence-electron chi connectivity index (χ4n) is 1.41. The number of aliphatic hydroxyl groups excluding tert-OH is 1. The molecule has 0 aliphatic heterocycles. The van der Waals surface area contributed by atoms with Crippen LogP contribution < -0.4 is 14.8 Å². The zero-order chi connectivity index (χ0) is 14.6. The maximum absolute atomic E-state index is 12.2. The molecule has 0 spiro atoms. The molecule has 0 saturated heterocycles. The van der Waals surface area contributed by atoms with Crippen LogP contribution in [0.1, 0.15) is 31.1 Å². The van der Waals surface area contributed by atoms with Gasteiger partial charge in [-0.15, -0.1) is 0 Å². The maximum atomic E-state index is 12.2. The number of aliphatic hydroxyl groups is 1. The number of nitrogens with one attached hydrogen (secondary N) is 1. The summed E-state index contributed by atoms with van der Waals surface area (Å²) in [6, 6.07) is 4.93. The van der Waals surface area contributed by atoms with Crippen LogP contribution >= 0.6 is 0 Å². The van der Waals surface area contributed by atoms with Crippen LogP contribution in [0.2, 0.25) is 0 Å². The Morgan fingerprint density at radius 3 is 2.05 bits per heavy atom. The van der Waals surface area contributed by atoms with Gasteiger partial charge in [-0.3, -0.25) is 4.79 Å². The molecule has 1 unspecified atom stereocenters.